The Morgan fingerprint density at radius 2 is 1.32 bits per heavy atom. The summed E-state index contributed by atoms with van der Waals surface area (Å²) in [7, 11) is 0. The molecule has 2 saturated heterocycles. The van der Waals surface area contributed by atoms with Gasteiger partial charge in [-0.25, -0.2) is 4.79 Å². The van der Waals surface area contributed by atoms with Crippen LogP contribution in [0.25, 0.3) is 0 Å². The molecular formula is C30H48N4O16. The van der Waals surface area contributed by atoms with E-state index in [1.165, 1.54) is 6.92 Å². The number of nitrogens with zero attached hydrogens (tertiary/aromatic N) is 2. The fourth-order valence-corrected chi connectivity index (χ4v) is 5.01. The Morgan fingerprint density at radius 1 is 0.780 bits per heavy atom. The minimum atomic E-state index is -1.53. The molecule has 0 aliphatic carbocycles. The van der Waals surface area contributed by atoms with Crippen molar-refractivity contribution >= 4 is 23.7 Å². The minimum Gasteiger partial charge on any atom is -0.492 e. The molecule has 50 heavy (non-hydrogen) atoms. The Morgan fingerprint density at radius 3 is 1.92 bits per heavy atom. The second-order valence-electron chi connectivity index (χ2n) is 12.0. The molecule has 2 aliphatic heterocycles. The number of nitrogens with one attached hydrogen (secondary N) is 2. The molecule has 3 heterocycles. The number of aromatic hydroxyl groups is 2. The third-order valence-corrected chi connectivity index (χ3v) is 7.94. The fraction of sp³-hybridized carbons (Fsp3) is 0.733. The van der Waals surface area contributed by atoms with Gasteiger partial charge in [-0.05, 0) is 26.7 Å². The van der Waals surface area contributed by atoms with E-state index in [2.05, 4.69) is 10.6 Å². The summed E-state index contributed by atoms with van der Waals surface area (Å²) in [5.41, 5.74) is 0. The van der Waals surface area contributed by atoms with Gasteiger partial charge in [-0.3, -0.25) is 14.4 Å². The summed E-state index contributed by atoms with van der Waals surface area (Å²) in [6.45, 7) is 1.74. The van der Waals surface area contributed by atoms with Gasteiger partial charge in [0.1, 0.15) is 37.5 Å². The number of rotatable bonds is 18. The molecule has 2 fully saturated rings. The SMILES string of the molecule is CC1OC(OCCNC(=O)CN(CC(=O)NCCOC2OC(C)C(O)C(O)C2O)C(=O)CCCCC(=O)On2c(O)ccc2O)C(O)CC1O. The van der Waals surface area contributed by atoms with Crippen molar-refractivity contribution in [3.63, 3.8) is 0 Å². The van der Waals surface area contributed by atoms with Crippen molar-refractivity contribution in [3.05, 3.63) is 12.1 Å². The first kappa shape index (κ1) is 40.8. The molecule has 2 aliphatic rings. The lowest BCUT2D eigenvalue weighted by Gasteiger charge is -2.38. The molecule has 20 heteroatoms. The monoisotopic (exact) mass is 720 g/mol. The van der Waals surface area contributed by atoms with Gasteiger partial charge in [0.2, 0.25) is 29.5 Å². The Labute approximate surface area is 287 Å². The number of aliphatic hydroxyl groups is 5. The molecule has 3 amide bonds. The van der Waals surface area contributed by atoms with Crippen LogP contribution in [0, 0.1) is 0 Å². The van der Waals surface area contributed by atoms with Crippen molar-refractivity contribution in [2.45, 2.75) is 101 Å². The Kier molecular flexibility index (Phi) is 16.1. The molecule has 284 valence electrons. The minimum absolute atomic E-state index is 0.0258. The summed E-state index contributed by atoms with van der Waals surface area (Å²) in [5.74, 6) is -3.62. The molecule has 0 spiro atoms. The van der Waals surface area contributed by atoms with E-state index in [4.69, 9.17) is 23.8 Å². The second-order valence-corrected chi connectivity index (χ2v) is 12.0. The summed E-state index contributed by atoms with van der Waals surface area (Å²) in [6, 6.07) is 2.25. The third-order valence-electron chi connectivity index (χ3n) is 7.94. The zero-order chi connectivity index (χ0) is 37.0. The first-order valence-corrected chi connectivity index (χ1v) is 16.2. The quantitative estimate of drug-likeness (QED) is 0.0657. The fourth-order valence-electron chi connectivity index (χ4n) is 5.01. The zero-order valence-electron chi connectivity index (χ0n) is 27.8. The van der Waals surface area contributed by atoms with Crippen molar-refractivity contribution in [1.82, 2.24) is 20.3 Å². The lowest BCUT2D eigenvalue weighted by molar-refractivity contribution is -0.292. The maximum Gasteiger partial charge on any atom is 0.333 e. The Bertz CT molecular complexity index is 1250. The van der Waals surface area contributed by atoms with Gasteiger partial charge < -0.3 is 75.1 Å². The van der Waals surface area contributed by atoms with Crippen LogP contribution in [-0.4, -0.2) is 164 Å². The van der Waals surface area contributed by atoms with Gasteiger partial charge in [0.25, 0.3) is 0 Å². The molecule has 1 aromatic rings. The highest BCUT2D eigenvalue weighted by molar-refractivity contribution is 5.89. The van der Waals surface area contributed by atoms with Crippen molar-refractivity contribution in [3.8, 4) is 11.8 Å². The number of carbonyl (C=O) groups excluding carboxylic acids is 4. The van der Waals surface area contributed by atoms with Crippen LogP contribution in [0.1, 0.15) is 46.0 Å². The average molecular weight is 721 g/mol. The topological polar surface area (TPSA) is 288 Å². The van der Waals surface area contributed by atoms with Gasteiger partial charge >= 0.3 is 5.97 Å². The van der Waals surface area contributed by atoms with Gasteiger partial charge in [0.15, 0.2) is 12.6 Å². The third kappa shape index (κ3) is 12.3. The van der Waals surface area contributed by atoms with Gasteiger partial charge in [-0.15, -0.1) is 4.73 Å². The molecule has 20 nitrogen and oxygen atoms in total. The van der Waals surface area contributed by atoms with Crippen LogP contribution in [0.3, 0.4) is 0 Å². The Balaban J connectivity index is 1.46. The lowest BCUT2D eigenvalue weighted by Crippen LogP contribution is -2.57. The molecule has 0 bridgehead atoms. The van der Waals surface area contributed by atoms with Crippen LogP contribution in [0.2, 0.25) is 0 Å². The lowest BCUT2D eigenvalue weighted by atomic mass is 10.0. The van der Waals surface area contributed by atoms with Crippen LogP contribution in [0.5, 0.6) is 11.8 Å². The van der Waals surface area contributed by atoms with E-state index in [-0.39, 0.29) is 58.4 Å². The summed E-state index contributed by atoms with van der Waals surface area (Å²) in [4.78, 5) is 56.5. The van der Waals surface area contributed by atoms with E-state index in [0.717, 1.165) is 17.0 Å². The number of aromatic nitrogens is 1. The van der Waals surface area contributed by atoms with Crippen LogP contribution in [-0.2, 0) is 38.1 Å². The number of hydrogen-bond donors (Lipinski definition) is 9. The number of unbranched alkanes of at least 4 members (excludes halogenated alkanes) is 1. The number of ether oxygens (including phenoxy) is 4. The molecule has 0 aromatic carbocycles. The standard InChI is InChI=1S/C30H48N4O16/c1-16-18(35)13-19(36)29(48-16)46-11-9-31-20(37)14-33(22(39)5-3-4-6-25(42)50-34-23(40)7-8-24(34)41)15-21(38)32-10-12-47-30-28(45)27(44)26(43)17(2)49-30/h7-8,16-19,26-30,35-36,40-41,43-45H,3-6,9-15H2,1-2H3,(H,31,37)(H,32,38). The van der Waals surface area contributed by atoms with Crippen LogP contribution in [0.4, 0.5) is 0 Å². The van der Waals surface area contributed by atoms with Gasteiger partial charge in [-0.2, -0.15) is 0 Å². The van der Waals surface area contributed by atoms with E-state index in [1.807, 2.05) is 0 Å². The number of carbonyl (C=O) groups is 4. The molecular weight excluding hydrogens is 672 g/mol. The van der Waals surface area contributed by atoms with Gasteiger partial charge in [0.05, 0.1) is 31.5 Å². The largest absolute Gasteiger partial charge is 0.492 e. The molecule has 9 unspecified atom stereocenters. The van der Waals surface area contributed by atoms with Crippen molar-refractivity contribution < 1.29 is 78.7 Å². The van der Waals surface area contributed by atoms with E-state index in [9.17, 15) is 54.9 Å². The van der Waals surface area contributed by atoms with Crippen molar-refractivity contribution in [1.29, 1.82) is 0 Å². The molecule has 9 atom stereocenters. The predicted molar refractivity (Wildman–Crippen MR) is 166 cm³/mol. The van der Waals surface area contributed by atoms with E-state index < -0.39 is 104 Å². The van der Waals surface area contributed by atoms with Gasteiger partial charge in [0, 0.05) is 44.5 Å². The zero-order valence-corrected chi connectivity index (χ0v) is 27.8. The summed E-state index contributed by atoms with van der Waals surface area (Å²) in [6.07, 6.45) is -9.79. The molecule has 0 saturated carbocycles. The van der Waals surface area contributed by atoms with Crippen molar-refractivity contribution in [2.24, 2.45) is 0 Å². The number of aliphatic hydroxyl groups excluding tert-OH is 5. The average Bonchev–Trinajstić information content (AvgIpc) is 3.38. The molecule has 9 N–H and O–H groups in total. The van der Waals surface area contributed by atoms with Gasteiger partial charge in [-0.1, -0.05) is 0 Å². The first-order chi connectivity index (χ1) is 23.7. The smallest absolute Gasteiger partial charge is 0.333 e. The van der Waals surface area contributed by atoms with Crippen LogP contribution < -0.4 is 15.5 Å². The maximum absolute atomic E-state index is 13.1. The van der Waals surface area contributed by atoms with E-state index in [0.29, 0.717) is 4.73 Å². The Hall–Kier alpha value is -3.60. The predicted octanol–water partition coefficient (Wildman–Crippen LogP) is -3.81. The number of amides is 3. The van der Waals surface area contributed by atoms with E-state index in [1.54, 1.807) is 6.92 Å². The van der Waals surface area contributed by atoms with Crippen LogP contribution in [0.15, 0.2) is 12.1 Å². The first-order valence-electron chi connectivity index (χ1n) is 16.2. The normalized spacial score (nSPS) is 28.1. The number of hydrogen-bond acceptors (Lipinski definition) is 16. The summed E-state index contributed by atoms with van der Waals surface area (Å²) < 4.78 is 22.1. The van der Waals surface area contributed by atoms with Crippen LogP contribution >= 0.6 is 0 Å². The maximum atomic E-state index is 13.1. The molecule has 0 radical (unpaired) electrons. The van der Waals surface area contributed by atoms with Crippen molar-refractivity contribution in [2.75, 3.05) is 39.4 Å². The summed E-state index contributed by atoms with van der Waals surface area (Å²) in [5, 5.41) is 73.8. The highest BCUT2D eigenvalue weighted by Gasteiger charge is 2.42. The molecule has 3 rings (SSSR count). The highest BCUT2D eigenvalue weighted by Crippen LogP contribution is 2.22. The summed E-state index contributed by atoms with van der Waals surface area (Å²) >= 11 is 0. The molecule has 1 aromatic heterocycles. The second kappa shape index (κ2) is 19.7. The van der Waals surface area contributed by atoms with E-state index >= 15 is 0 Å². The highest BCUT2D eigenvalue weighted by atomic mass is 16.7.